The number of allylic oxidation sites excluding steroid dienone is 3. The maximum atomic E-state index is 13.7. The summed E-state index contributed by atoms with van der Waals surface area (Å²) in [6, 6.07) is 0. The molecule has 6 saturated heterocycles. The fraction of sp³-hybridized carbons (Fsp3) is 0.824. The van der Waals surface area contributed by atoms with Crippen LogP contribution < -0.4 is 0 Å². The third kappa shape index (κ3) is 19.6. The number of hydrogen-bond acceptors (Lipinski definition) is 15. The molecule has 15 heteroatoms. The molecule has 0 saturated carbocycles. The summed E-state index contributed by atoms with van der Waals surface area (Å²) in [6.07, 6.45) is 34.5. The van der Waals surface area contributed by atoms with E-state index >= 15 is 0 Å². The van der Waals surface area contributed by atoms with Crippen molar-refractivity contribution in [3.63, 3.8) is 0 Å². The van der Waals surface area contributed by atoms with Gasteiger partial charge >= 0.3 is 11.9 Å². The zero-order valence-corrected chi connectivity index (χ0v) is 51.9. The smallest absolute Gasteiger partial charge is 0.342 e. The van der Waals surface area contributed by atoms with E-state index in [4.69, 9.17) is 47.7 Å². The van der Waals surface area contributed by atoms with Crippen molar-refractivity contribution in [3.05, 3.63) is 60.4 Å². The average molecular weight is 1170 g/mol. The Morgan fingerprint density at radius 2 is 1.55 bits per heavy atom. The first-order valence-corrected chi connectivity index (χ1v) is 33.1. The number of ether oxygens (including phenoxy) is 9. The molecule has 7 rings (SSSR count). The summed E-state index contributed by atoms with van der Waals surface area (Å²) < 4.78 is 58.5. The SMILES string of the molecule is C=C1C(O)C2OC3(CCC(C=CC(C)C4CC(C)=CC5(OC(CC(C)(O)C(=O)OC=CC=CCCCCO)CCC5OC(=O)CCCCCCCCCCCCCCC)O4)O3)CCC2OC1C(O)CC(C)C1OC2(CCCCO2)CCC1C. The molecule has 4 N–H and O–H groups in total. The standard InChI is InChI=1S/C68H110O15/c1-8-9-10-11-12-13-14-15-16-17-18-21-24-29-59(71)78-58-33-32-54(47-65(7,74)64(73)75-42-27-23-20-19-22-26-41-69)80-68(58)46-48(2)44-57(81-68)49(3)30-31-53-35-39-67(79-53)40-36-56-63(83-67)60(72)52(6)62(77-56)55(70)45-51(5)61-50(4)34-38-66(82-61)37-25-28-43-76-66/h20,23,27,30-31,42,46,49-51,53-58,60-63,69-70,72,74H,6,8-19,21-22,24-26,28-29,32-41,43-45,47H2,1-5,7H3. The van der Waals surface area contributed by atoms with Gasteiger partial charge in [-0.05, 0) is 127 Å². The van der Waals surface area contributed by atoms with Crippen molar-refractivity contribution in [2.24, 2.45) is 17.8 Å². The maximum absolute atomic E-state index is 13.7. The number of carbonyl (C=O) groups is 2. The molecule has 17 unspecified atom stereocenters. The van der Waals surface area contributed by atoms with Gasteiger partial charge in [0.2, 0.25) is 5.79 Å². The van der Waals surface area contributed by atoms with E-state index in [1.165, 1.54) is 77.4 Å². The summed E-state index contributed by atoms with van der Waals surface area (Å²) in [5, 5.41) is 44.0. The first-order valence-electron chi connectivity index (χ1n) is 33.1. The minimum Gasteiger partial charge on any atom is -0.456 e. The van der Waals surface area contributed by atoms with Gasteiger partial charge in [-0.15, -0.1) is 0 Å². The molecular formula is C68H110O15. The van der Waals surface area contributed by atoms with Crippen LogP contribution in [0.15, 0.2) is 60.4 Å². The van der Waals surface area contributed by atoms with E-state index in [9.17, 15) is 24.9 Å². The lowest BCUT2D eigenvalue weighted by Crippen LogP contribution is -2.60. The van der Waals surface area contributed by atoms with Crippen LogP contribution in [0, 0.1) is 17.8 Å². The molecule has 0 bridgehead atoms. The van der Waals surface area contributed by atoms with Crippen molar-refractivity contribution in [1.29, 1.82) is 0 Å². The molecule has 0 aliphatic carbocycles. The van der Waals surface area contributed by atoms with Crippen molar-refractivity contribution < 1.29 is 72.6 Å². The van der Waals surface area contributed by atoms with Crippen LogP contribution in [-0.4, -0.2) is 130 Å². The molecule has 7 aliphatic heterocycles. The zero-order valence-electron chi connectivity index (χ0n) is 51.9. The molecule has 472 valence electrons. The predicted octanol–water partition coefficient (Wildman–Crippen LogP) is 12.9. The molecule has 83 heavy (non-hydrogen) atoms. The van der Waals surface area contributed by atoms with Gasteiger partial charge in [-0.1, -0.05) is 141 Å². The fourth-order valence-corrected chi connectivity index (χ4v) is 14.0. The highest BCUT2D eigenvalue weighted by Gasteiger charge is 2.56. The van der Waals surface area contributed by atoms with E-state index < -0.39 is 71.7 Å². The molecule has 0 aromatic rings. The maximum Gasteiger partial charge on any atom is 0.342 e. The van der Waals surface area contributed by atoms with E-state index in [2.05, 4.69) is 46.4 Å². The van der Waals surface area contributed by atoms with Crippen LogP contribution in [0.4, 0.5) is 0 Å². The highest BCUT2D eigenvalue weighted by Crippen LogP contribution is 2.48. The second-order valence-corrected chi connectivity index (χ2v) is 26.4. The minimum atomic E-state index is -1.89. The second kappa shape index (κ2) is 33.0. The van der Waals surface area contributed by atoms with Crippen LogP contribution in [0.1, 0.15) is 241 Å². The Kier molecular flexibility index (Phi) is 26.9. The molecule has 15 nitrogen and oxygen atoms in total. The van der Waals surface area contributed by atoms with Crippen LogP contribution in [0.5, 0.6) is 0 Å². The molecule has 0 aromatic carbocycles. The zero-order chi connectivity index (χ0) is 59.5. The second-order valence-electron chi connectivity index (χ2n) is 26.4. The summed E-state index contributed by atoms with van der Waals surface area (Å²) in [6.45, 7) is 17.3. The van der Waals surface area contributed by atoms with E-state index in [1.807, 2.05) is 19.1 Å². The molecule has 7 aliphatic rings. The molecule has 7 heterocycles. The number of unbranched alkanes of at least 4 members (excludes halogenated alkanes) is 14. The number of rotatable bonds is 31. The summed E-state index contributed by atoms with van der Waals surface area (Å²) in [7, 11) is 0. The van der Waals surface area contributed by atoms with Crippen LogP contribution >= 0.6 is 0 Å². The minimum absolute atomic E-state index is 0.0351. The molecule has 3 spiro atoms. The topological polar surface area (TPSA) is 198 Å². The van der Waals surface area contributed by atoms with E-state index in [0.29, 0.717) is 69.3 Å². The van der Waals surface area contributed by atoms with Crippen molar-refractivity contribution in [2.45, 2.75) is 325 Å². The molecule has 0 aromatic heterocycles. The summed E-state index contributed by atoms with van der Waals surface area (Å²) in [4.78, 5) is 26.9. The van der Waals surface area contributed by atoms with Crippen molar-refractivity contribution in [3.8, 4) is 0 Å². The Bertz CT molecular complexity index is 2110. The number of aliphatic hydroxyl groups excluding tert-OH is 3. The lowest BCUT2D eigenvalue weighted by molar-refractivity contribution is -0.322. The Hall–Kier alpha value is -2.80. The number of hydrogen-bond donors (Lipinski definition) is 4. The number of esters is 2. The monoisotopic (exact) mass is 1170 g/mol. The predicted molar refractivity (Wildman–Crippen MR) is 319 cm³/mol. The lowest BCUT2D eigenvalue weighted by atomic mass is 9.79. The highest BCUT2D eigenvalue weighted by molar-refractivity contribution is 5.79. The van der Waals surface area contributed by atoms with Gasteiger partial charge in [-0.3, -0.25) is 4.79 Å². The first kappa shape index (κ1) is 67.7. The van der Waals surface area contributed by atoms with E-state index in [-0.39, 0.29) is 49.1 Å². The van der Waals surface area contributed by atoms with Gasteiger partial charge in [-0.25, -0.2) is 4.79 Å². The van der Waals surface area contributed by atoms with Crippen molar-refractivity contribution >= 4 is 11.9 Å². The van der Waals surface area contributed by atoms with Gasteiger partial charge in [0.05, 0.1) is 49.5 Å². The molecule has 0 amide bonds. The Balaban J connectivity index is 0.925. The number of aliphatic hydroxyl groups is 4. The van der Waals surface area contributed by atoms with Crippen LogP contribution in [0.25, 0.3) is 0 Å². The fourth-order valence-electron chi connectivity index (χ4n) is 14.0. The average Bonchev–Trinajstić information content (AvgIpc) is 4.06. The number of carbonyl (C=O) groups excluding carboxylic acids is 2. The van der Waals surface area contributed by atoms with Gasteiger partial charge in [0, 0.05) is 51.0 Å². The molecule has 17 atom stereocenters. The number of fused-ring (bicyclic) bond motifs is 1. The van der Waals surface area contributed by atoms with Crippen molar-refractivity contribution in [2.75, 3.05) is 13.2 Å². The summed E-state index contributed by atoms with van der Waals surface area (Å²) in [5.41, 5.74) is -0.463. The third-order valence-electron chi connectivity index (χ3n) is 19.0. The van der Waals surface area contributed by atoms with Gasteiger partial charge in [0.15, 0.2) is 23.3 Å². The first-order chi connectivity index (χ1) is 39.9. The highest BCUT2D eigenvalue weighted by atomic mass is 16.7. The molecular weight excluding hydrogens is 1060 g/mol. The third-order valence-corrected chi connectivity index (χ3v) is 19.0. The van der Waals surface area contributed by atoms with Crippen LogP contribution in [0.3, 0.4) is 0 Å². The normalized spacial score (nSPS) is 35.0. The van der Waals surface area contributed by atoms with Gasteiger partial charge in [0.1, 0.15) is 18.3 Å². The summed E-state index contributed by atoms with van der Waals surface area (Å²) in [5.74, 6) is -3.75. The van der Waals surface area contributed by atoms with Gasteiger partial charge in [-0.2, -0.15) is 0 Å². The Morgan fingerprint density at radius 3 is 2.27 bits per heavy atom. The van der Waals surface area contributed by atoms with Crippen LogP contribution in [0.2, 0.25) is 0 Å². The largest absolute Gasteiger partial charge is 0.456 e. The molecule has 6 fully saturated rings. The van der Waals surface area contributed by atoms with E-state index in [1.54, 1.807) is 12.2 Å². The Labute approximate surface area is 498 Å². The van der Waals surface area contributed by atoms with Crippen molar-refractivity contribution in [1.82, 2.24) is 0 Å². The van der Waals surface area contributed by atoms with E-state index in [0.717, 1.165) is 82.8 Å². The van der Waals surface area contributed by atoms with Gasteiger partial charge in [0.25, 0.3) is 0 Å². The lowest BCUT2D eigenvalue weighted by Gasteiger charge is -2.50. The Morgan fingerprint density at radius 1 is 0.843 bits per heavy atom. The molecule has 0 radical (unpaired) electrons. The van der Waals surface area contributed by atoms with Crippen LogP contribution in [-0.2, 0) is 52.2 Å². The van der Waals surface area contributed by atoms with Gasteiger partial charge < -0.3 is 63.1 Å². The quantitative estimate of drug-likeness (QED) is 0.0168. The summed E-state index contributed by atoms with van der Waals surface area (Å²) >= 11 is 0.